The van der Waals surface area contributed by atoms with Crippen molar-refractivity contribution in [2.45, 2.75) is 31.8 Å². The van der Waals surface area contributed by atoms with Crippen molar-refractivity contribution >= 4 is 15.7 Å². The average Bonchev–Trinajstić information content (AvgIpc) is 2.82. The first-order chi connectivity index (χ1) is 9.42. The molecule has 0 aliphatic heterocycles. The highest BCUT2D eigenvalue weighted by atomic mass is 32.2. The van der Waals surface area contributed by atoms with Crippen molar-refractivity contribution in [1.29, 1.82) is 0 Å². The number of anilines is 1. The molecule has 2 aromatic rings. The molecule has 0 spiro atoms. The first-order valence-corrected chi connectivity index (χ1v) is 7.64. The Bertz CT molecular complexity index is 688. The SMILES string of the molecule is CCn1cnnc1CNS(=O)(=O)c1cc(C)cc(N)c1. The maximum absolute atomic E-state index is 12.2. The van der Waals surface area contributed by atoms with E-state index in [1.165, 1.54) is 6.07 Å². The lowest BCUT2D eigenvalue weighted by Crippen LogP contribution is -2.25. The van der Waals surface area contributed by atoms with Gasteiger partial charge in [0.25, 0.3) is 0 Å². The fraction of sp³-hybridized carbons (Fsp3) is 0.333. The minimum Gasteiger partial charge on any atom is -0.399 e. The summed E-state index contributed by atoms with van der Waals surface area (Å²) in [5.41, 5.74) is 6.89. The lowest BCUT2D eigenvalue weighted by atomic mass is 10.2. The quantitative estimate of drug-likeness (QED) is 0.789. The maximum atomic E-state index is 12.2. The van der Waals surface area contributed by atoms with Crippen LogP contribution in [0, 0.1) is 6.92 Å². The minimum atomic E-state index is -3.62. The average molecular weight is 295 g/mol. The van der Waals surface area contributed by atoms with E-state index in [-0.39, 0.29) is 11.4 Å². The molecule has 1 aromatic carbocycles. The number of aryl methyl sites for hydroxylation is 2. The van der Waals surface area contributed by atoms with Crippen LogP contribution in [-0.2, 0) is 23.1 Å². The zero-order valence-corrected chi connectivity index (χ0v) is 12.2. The van der Waals surface area contributed by atoms with E-state index in [9.17, 15) is 8.42 Å². The molecule has 0 saturated heterocycles. The summed E-state index contributed by atoms with van der Waals surface area (Å²) in [6, 6.07) is 4.72. The number of rotatable bonds is 5. The van der Waals surface area contributed by atoms with Crippen LogP contribution in [0.5, 0.6) is 0 Å². The van der Waals surface area contributed by atoms with Crippen molar-refractivity contribution in [3.63, 3.8) is 0 Å². The second-order valence-electron chi connectivity index (χ2n) is 4.44. The minimum absolute atomic E-state index is 0.0873. The molecule has 20 heavy (non-hydrogen) atoms. The predicted octanol–water partition coefficient (Wildman–Crippen LogP) is 0.667. The van der Waals surface area contributed by atoms with Gasteiger partial charge in [-0.25, -0.2) is 13.1 Å². The highest BCUT2D eigenvalue weighted by Gasteiger charge is 2.16. The van der Waals surface area contributed by atoms with Crippen LogP contribution < -0.4 is 10.5 Å². The third-order valence-corrected chi connectivity index (χ3v) is 4.22. The maximum Gasteiger partial charge on any atom is 0.241 e. The Hall–Kier alpha value is -1.93. The van der Waals surface area contributed by atoms with Crippen LogP contribution in [0.2, 0.25) is 0 Å². The van der Waals surface area contributed by atoms with E-state index < -0.39 is 10.0 Å². The Morgan fingerprint density at radius 2 is 2.10 bits per heavy atom. The molecule has 0 fully saturated rings. The second-order valence-corrected chi connectivity index (χ2v) is 6.20. The number of hydrogen-bond donors (Lipinski definition) is 2. The van der Waals surface area contributed by atoms with Gasteiger partial charge in [-0.3, -0.25) is 0 Å². The van der Waals surface area contributed by atoms with Crippen LogP contribution in [0.1, 0.15) is 18.3 Å². The molecule has 0 aliphatic carbocycles. The molecule has 0 atom stereocenters. The van der Waals surface area contributed by atoms with Crippen LogP contribution in [0.25, 0.3) is 0 Å². The highest BCUT2D eigenvalue weighted by molar-refractivity contribution is 7.89. The zero-order chi connectivity index (χ0) is 14.8. The molecule has 0 bridgehead atoms. The van der Waals surface area contributed by atoms with Crippen molar-refractivity contribution in [2.75, 3.05) is 5.73 Å². The van der Waals surface area contributed by atoms with Crippen molar-refractivity contribution in [1.82, 2.24) is 19.5 Å². The Labute approximate surface area is 117 Å². The predicted molar refractivity (Wildman–Crippen MR) is 75.3 cm³/mol. The third-order valence-electron chi connectivity index (χ3n) is 2.84. The summed E-state index contributed by atoms with van der Waals surface area (Å²) in [5, 5.41) is 7.63. The number of nitrogens with zero attached hydrogens (tertiary/aromatic N) is 3. The van der Waals surface area contributed by atoms with Crippen molar-refractivity contribution in [3.05, 3.63) is 35.9 Å². The topological polar surface area (TPSA) is 103 Å². The van der Waals surface area contributed by atoms with Crippen LogP contribution >= 0.6 is 0 Å². The van der Waals surface area contributed by atoms with E-state index in [0.29, 0.717) is 18.1 Å². The van der Waals surface area contributed by atoms with Crippen molar-refractivity contribution < 1.29 is 8.42 Å². The number of aromatic nitrogens is 3. The van der Waals surface area contributed by atoms with Gasteiger partial charge in [0.15, 0.2) is 0 Å². The number of nitrogen functional groups attached to an aromatic ring is 1. The molecule has 0 saturated carbocycles. The van der Waals surface area contributed by atoms with E-state index in [1.807, 2.05) is 6.92 Å². The van der Waals surface area contributed by atoms with Crippen LogP contribution in [0.3, 0.4) is 0 Å². The molecule has 2 rings (SSSR count). The Kier molecular flexibility index (Phi) is 4.05. The van der Waals surface area contributed by atoms with Crippen LogP contribution in [-0.4, -0.2) is 23.2 Å². The highest BCUT2D eigenvalue weighted by Crippen LogP contribution is 2.16. The molecule has 8 heteroatoms. The first-order valence-electron chi connectivity index (χ1n) is 6.16. The van der Waals surface area contributed by atoms with E-state index >= 15 is 0 Å². The molecule has 0 radical (unpaired) electrons. The molecule has 7 nitrogen and oxygen atoms in total. The first kappa shape index (κ1) is 14.5. The number of sulfonamides is 1. The molecule has 1 aromatic heterocycles. The number of hydrogen-bond acceptors (Lipinski definition) is 5. The standard InChI is InChI=1S/C12H17N5O2S/c1-3-17-8-14-16-12(17)7-15-20(18,19)11-5-9(2)4-10(13)6-11/h4-6,8,15H,3,7,13H2,1-2H3. The third kappa shape index (κ3) is 3.14. The van der Waals surface area contributed by atoms with E-state index in [1.54, 1.807) is 30.0 Å². The molecular formula is C12H17N5O2S. The van der Waals surface area contributed by atoms with Crippen molar-refractivity contribution in [3.8, 4) is 0 Å². The fourth-order valence-corrected chi connectivity index (χ4v) is 2.97. The van der Waals surface area contributed by atoms with E-state index in [2.05, 4.69) is 14.9 Å². The van der Waals surface area contributed by atoms with Gasteiger partial charge in [-0.15, -0.1) is 10.2 Å². The van der Waals surface area contributed by atoms with Gasteiger partial charge in [0.05, 0.1) is 11.4 Å². The lowest BCUT2D eigenvalue weighted by Gasteiger charge is -2.08. The molecule has 0 amide bonds. The molecular weight excluding hydrogens is 278 g/mol. The monoisotopic (exact) mass is 295 g/mol. The lowest BCUT2D eigenvalue weighted by molar-refractivity contribution is 0.575. The van der Waals surface area contributed by atoms with Gasteiger partial charge in [0, 0.05) is 12.2 Å². The van der Waals surface area contributed by atoms with Gasteiger partial charge in [-0.1, -0.05) is 0 Å². The van der Waals surface area contributed by atoms with Gasteiger partial charge in [-0.2, -0.15) is 0 Å². The summed E-state index contributed by atoms with van der Waals surface area (Å²) in [6.07, 6.45) is 1.56. The van der Waals surface area contributed by atoms with E-state index in [4.69, 9.17) is 5.73 Å². The molecule has 108 valence electrons. The summed E-state index contributed by atoms with van der Waals surface area (Å²) < 4.78 is 28.7. The smallest absolute Gasteiger partial charge is 0.241 e. The fourth-order valence-electron chi connectivity index (χ4n) is 1.85. The van der Waals surface area contributed by atoms with Gasteiger partial charge >= 0.3 is 0 Å². The normalized spacial score (nSPS) is 11.7. The van der Waals surface area contributed by atoms with Crippen LogP contribution in [0.15, 0.2) is 29.4 Å². The molecule has 3 N–H and O–H groups in total. The molecule has 0 unspecified atom stereocenters. The Morgan fingerprint density at radius 3 is 2.75 bits per heavy atom. The van der Waals surface area contributed by atoms with Gasteiger partial charge in [0.2, 0.25) is 10.0 Å². The number of nitrogens with two attached hydrogens (primary N) is 1. The van der Waals surface area contributed by atoms with Gasteiger partial charge < -0.3 is 10.3 Å². The zero-order valence-electron chi connectivity index (χ0n) is 11.4. The van der Waals surface area contributed by atoms with Gasteiger partial charge in [0.1, 0.15) is 12.2 Å². The summed E-state index contributed by atoms with van der Waals surface area (Å²) in [5.74, 6) is 0.566. The van der Waals surface area contributed by atoms with E-state index in [0.717, 1.165) is 5.56 Å². The summed E-state index contributed by atoms with van der Waals surface area (Å²) in [6.45, 7) is 4.50. The number of nitrogens with one attached hydrogen (secondary N) is 1. The summed E-state index contributed by atoms with van der Waals surface area (Å²) >= 11 is 0. The Morgan fingerprint density at radius 1 is 1.35 bits per heavy atom. The van der Waals surface area contributed by atoms with Gasteiger partial charge in [-0.05, 0) is 37.6 Å². The number of benzene rings is 1. The second kappa shape index (κ2) is 5.59. The molecule has 0 aliphatic rings. The van der Waals surface area contributed by atoms with Crippen LogP contribution in [0.4, 0.5) is 5.69 Å². The van der Waals surface area contributed by atoms with Crippen molar-refractivity contribution in [2.24, 2.45) is 0 Å². The Balaban J connectivity index is 2.19. The molecule has 1 heterocycles. The summed E-state index contributed by atoms with van der Waals surface area (Å²) in [7, 11) is -3.62. The largest absolute Gasteiger partial charge is 0.399 e. The summed E-state index contributed by atoms with van der Waals surface area (Å²) in [4.78, 5) is 0.151.